The first-order valence-electron chi connectivity index (χ1n) is 13.3. The molecule has 0 heterocycles. The molecule has 0 saturated carbocycles. The van der Waals surface area contributed by atoms with Crippen LogP contribution in [0.5, 0.6) is 17.2 Å². The summed E-state index contributed by atoms with van der Waals surface area (Å²) in [6.07, 6.45) is -4.40. The molecule has 0 bridgehead atoms. The number of carbonyl (C=O) groups is 1. The summed E-state index contributed by atoms with van der Waals surface area (Å²) in [6.45, 7) is 6.30. The Labute approximate surface area is 257 Å². The molecule has 0 aliphatic rings. The van der Waals surface area contributed by atoms with Crippen LogP contribution in [0.2, 0.25) is 0 Å². The Bertz CT molecular complexity index is 1640. The highest BCUT2D eigenvalue weighted by Crippen LogP contribution is 2.35. The number of hydrogen-bond donors (Lipinski definition) is 2. The number of alkyl halides is 3. The van der Waals surface area contributed by atoms with Gasteiger partial charge in [-0.2, -0.15) is 13.2 Å². The SMILES string of the molecule is C=C(Nc1ccc(C(=O)O)cc1OCc1ccccc1)S/C=C(\C)c1cc(OC)ccc1OCc1ccc(C(F)(F)F)cc1. The summed E-state index contributed by atoms with van der Waals surface area (Å²) < 4.78 is 56.1. The number of benzene rings is 4. The highest BCUT2D eigenvalue weighted by atomic mass is 32.2. The smallest absolute Gasteiger partial charge is 0.416 e. The second kappa shape index (κ2) is 14.6. The van der Waals surface area contributed by atoms with Crippen molar-refractivity contribution in [3.05, 3.63) is 136 Å². The molecule has 4 aromatic carbocycles. The molecular formula is C34H30F3NO5S. The molecule has 0 spiro atoms. The second-order valence-corrected chi connectivity index (χ2v) is 10.6. The van der Waals surface area contributed by atoms with Gasteiger partial charge in [-0.15, -0.1) is 0 Å². The van der Waals surface area contributed by atoms with E-state index in [0.29, 0.717) is 33.5 Å². The van der Waals surface area contributed by atoms with E-state index in [4.69, 9.17) is 14.2 Å². The topological polar surface area (TPSA) is 77.0 Å². The molecule has 0 radical (unpaired) electrons. The summed E-state index contributed by atoms with van der Waals surface area (Å²) in [5, 5.41) is 15.1. The van der Waals surface area contributed by atoms with Gasteiger partial charge >= 0.3 is 12.1 Å². The minimum absolute atomic E-state index is 0.0737. The first kappa shape index (κ1) is 32.1. The molecule has 10 heteroatoms. The zero-order valence-corrected chi connectivity index (χ0v) is 24.8. The number of halogens is 3. The molecular weight excluding hydrogens is 591 g/mol. The van der Waals surface area contributed by atoms with Crippen molar-refractivity contribution in [2.24, 2.45) is 0 Å². The van der Waals surface area contributed by atoms with Crippen molar-refractivity contribution in [3.8, 4) is 17.2 Å². The second-order valence-electron chi connectivity index (χ2n) is 9.60. The van der Waals surface area contributed by atoms with Crippen molar-refractivity contribution in [1.82, 2.24) is 0 Å². The van der Waals surface area contributed by atoms with Crippen LogP contribution in [0.3, 0.4) is 0 Å². The Kier molecular flexibility index (Phi) is 10.6. The van der Waals surface area contributed by atoms with Gasteiger partial charge in [-0.3, -0.25) is 0 Å². The molecule has 0 amide bonds. The van der Waals surface area contributed by atoms with Crippen LogP contribution >= 0.6 is 11.8 Å². The molecule has 0 aliphatic carbocycles. The fourth-order valence-electron chi connectivity index (χ4n) is 4.04. The Balaban J connectivity index is 1.47. The molecule has 6 nitrogen and oxygen atoms in total. The number of anilines is 1. The van der Waals surface area contributed by atoms with E-state index < -0.39 is 17.7 Å². The van der Waals surface area contributed by atoms with Crippen LogP contribution < -0.4 is 19.5 Å². The van der Waals surface area contributed by atoms with E-state index in [2.05, 4.69) is 11.9 Å². The number of nitrogens with one attached hydrogen (secondary N) is 1. The third-order valence-electron chi connectivity index (χ3n) is 6.40. The summed E-state index contributed by atoms with van der Waals surface area (Å²) in [5.74, 6) is 0.431. The van der Waals surface area contributed by atoms with Crippen LogP contribution in [-0.4, -0.2) is 18.2 Å². The van der Waals surface area contributed by atoms with Gasteiger partial charge in [0.2, 0.25) is 0 Å². The fourth-order valence-corrected chi connectivity index (χ4v) is 4.65. The van der Waals surface area contributed by atoms with Gasteiger partial charge in [0.1, 0.15) is 30.5 Å². The van der Waals surface area contributed by atoms with Crippen LogP contribution in [0.25, 0.3) is 5.57 Å². The highest BCUT2D eigenvalue weighted by molar-refractivity contribution is 8.06. The molecule has 0 unspecified atom stereocenters. The Morgan fingerprint density at radius 1 is 0.909 bits per heavy atom. The van der Waals surface area contributed by atoms with Crippen molar-refractivity contribution in [1.29, 1.82) is 0 Å². The number of methoxy groups -OCH3 is 1. The third kappa shape index (κ3) is 8.84. The van der Waals surface area contributed by atoms with Crippen LogP contribution in [-0.2, 0) is 19.4 Å². The maximum atomic E-state index is 12.9. The summed E-state index contributed by atoms with van der Waals surface area (Å²) in [7, 11) is 1.55. The predicted octanol–water partition coefficient (Wildman–Crippen LogP) is 9.25. The van der Waals surface area contributed by atoms with Crippen molar-refractivity contribution in [3.63, 3.8) is 0 Å². The summed E-state index contributed by atoms with van der Waals surface area (Å²) in [5.41, 5.74) is 3.00. The fraction of sp³-hybridized carbons (Fsp3) is 0.147. The zero-order valence-electron chi connectivity index (χ0n) is 24.0. The number of rotatable bonds is 13. The molecule has 4 aromatic rings. The minimum atomic E-state index is -4.40. The Morgan fingerprint density at radius 2 is 1.57 bits per heavy atom. The van der Waals surface area contributed by atoms with E-state index in [1.807, 2.05) is 48.7 Å². The van der Waals surface area contributed by atoms with Crippen molar-refractivity contribution >= 4 is 29.0 Å². The van der Waals surface area contributed by atoms with E-state index in [1.54, 1.807) is 25.3 Å². The average molecular weight is 622 g/mol. The van der Waals surface area contributed by atoms with E-state index >= 15 is 0 Å². The Morgan fingerprint density at radius 3 is 2.20 bits per heavy atom. The molecule has 4 rings (SSSR count). The Hall–Kier alpha value is -4.83. The van der Waals surface area contributed by atoms with Crippen molar-refractivity contribution < 1.29 is 37.3 Å². The monoisotopic (exact) mass is 621 g/mol. The lowest BCUT2D eigenvalue weighted by atomic mass is 10.1. The number of carboxylic acids is 1. The van der Waals surface area contributed by atoms with Crippen LogP contribution in [0.4, 0.5) is 18.9 Å². The zero-order chi connectivity index (χ0) is 31.7. The lowest BCUT2D eigenvalue weighted by Crippen LogP contribution is -2.05. The number of allylic oxidation sites excluding steroid dienone is 1. The van der Waals surface area contributed by atoms with Gasteiger partial charge in [-0.1, -0.05) is 60.8 Å². The minimum Gasteiger partial charge on any atom is -0.497 e. The lowest BCUT2D eigenvalue weighted by Gasteiger charge is -2.16. The van der Waals surface area contributed by atoms with Gasteiger partial charge in [0.15, 0.2) is 0 Å². The van der Waals surface area contributed by atoms with Crippen LogP contribution in [0.1, 0.15) is 39.5 Å². The molecule has 228 valence electrons. The number of thioether (sulfide) groups is 1. The van der Waals surface area contributed by atoms with E-state index in [9.17, 15) is 23.1 Å². The molecule has 2 N–H and O–H groups in total. The summed E-state index contributed by atoms with van der Waals surface area (Å²) in [4.78, 5) is 11.6. The molecule has 0 aromatic heterocycles. The van der Waals surface area contributed by atoms with Gasteiger partial charge in [0.05, 0.1) is 29.0 Å². The van der Waals surface area contributed by atoms with Crippen LogP contribution in [0.15, 0.2) is 108 Å². The van der Waals surface area contributed by atoms with E-state index in [1.165, 1.54) is 36.0 Å². The van der Waals surface area contributed by atoms with Gasteiger partial charge in [-0.05, 0) is 77.6 Å². The van der Waals surface area contributed by atoms with Gasteiger partial charge < -0.3 is 24.6 Å². The summed E-state index contributed by atoms with van der Waals surface area (Å²) in [6, 6.07) is 24.2. The number of carboxylic acid groups (broad SMARTS) is 1. The number of aromatic carboxylic acids is 1. The highest BCUT2D eigenvalue weighted by Gasteiger charge is 2.29. The van der Waals surface area contributed by atoms with Crippen LogP contribution in [0, 0.1) is 0 Å². The molecule has 0 atom stereocenters. The molecule has 0 fully saturated rings. The first-order valence-corrected chi connectivity index (χ1v) is 14.2. The predicted molar refractivity (Wildman–Crippen MR) is 167 cm³/mol. The lowest BCUT2D eigenvalue weighted by molar-refractivity contribution is -0.137. The third-order valence-corrected chi connectivity index (χ3v) is 7.26. The average Bonchev–Trinajstić information content (AvgIpc) is 3.02. The standard InChI is InChI=1S/C34H30F3NO5S/c1-22(29-18-28(41-3)14-16-31(29)42-20-25-9-12-27(13-10-25)34(35,36)37)21-44-23(2)38-30-15-11-26(33(39)40)17-32(30)43-19-24-7-5-4-6-8-24/h4-18,21,38H,2,19-20H2,1,3H3,(H,39,40)/b22-21+. The number of ether oxygens (including phenoxy) is 3. The first-order chi connectivity index (χ1) is 21.0. The van der Waals surface area contributed by atoms with Crippen molar-refractivity contribution in [2.45, 2.75) is 26.3 Å². The molecule has 0 aliphatic heterocycles. The maximum absolute atomic E-state index is 12.9. The van der Waals surface area contributed by atoms with E-state index in [-0.39, 0.29) is 18.8 Å². The number of hydrogen-bond acceptors (Lipinski definition) is 6. The van der Waals surface area contributed by atoms with E-state index in [0.717, 1.165) is 28.8 Å². The van der Waals surface area contributed by atoms with Crippen molar-refractivity contribution in [2.75, 3.05) is 12.4 Å². The maximum Gasteiger partial charge on any atom is 0.416 e. The van der Waals surface area contributed by atoms with Gasteiger partial charge in [0.25, 0.3) is 0 Å². The van der Waals surface area contributed by atoms with Gasteiger partial charge in [-0.25, -0.2) is 4.79 Å². The summed E-state index contributed by atoms with van der Waals surface area (Å²) >= 11 is 1.31. The normalized spacial score (nSPS) is 11.5. The van der Waals surface area contributed by atoms with Gasteiger partial charge in [0, 0.05) is 5.56 Å². The molecule has 44 heavy (non-hydrogen) atoms. The largest absolute Gasteiger partial charge is 0.497 e. The molecule has 0 saturated heterocycles. The quantitative estimate of drug-likeness (QED) is 0.154.